The minimum atomic E-state index is 0.103. The molecule has 0 aromatic heterocycles. The molecule has 2 rings (SSSR count). The maximum atomic E-state index is 9.02. The van der Waals surface area contributed by atoms with Crippen LogP contribution in [0.1, 0.15) is 24.8 Å². The Kier molecular flexibility index (Phi) is 3.32. The molecule has 0 unspecified atom stereocenters. The lowest BCUT2D eigenvalue weighted by Gasteiger charge is -2.37. The average Bonchev–Trinajstić information content (AvgIpc) is 2.14. The van der Waals surface area contributed by atoms with Crippen LogP contribution in [0.25, 0.3) is 0 Å². The highest BCUT2D eigenvalue weighted by Gasteiger charge is 2.23. The van der Waals surface area contributed by atoms with Crippen molar-refractivity contribution in [3.05, 3.63) is 28.2 Å². The molecule has 0 radical (unpaired) electrons. The number of anilines is 1. The lowest BCUT2D eigenvalue weighted by molar-refractivity contribution is 0.282. The van der Waals surface area contributed by atoms with Gasteiger partial charge >= 0.3 is 0 Å². The van der Waals surface area contributed by atoms with E-state index >= 15 is 0 Å². The highest BCUT2D eigenvalue weighted by Crippen LogP contribution is 2.33. The Morgan fingerprint density at radius 1 is 1.47 bits per heavy atom. The summed E-state index contributed by atoms with van der Waals surface area (Å²) in [6.07, 6.45) is 3.94. The van der Waals surface area contributed by atoms with Crippen molar-refractivity contribution in [2.45, 2.75) is 31.9 Å². The van der Waals surface area contributed by atoms with E-state index in [4.69, 9.17) is 5.11 Å². The van der Waals surface area contributed by atoms with Crippen molar-refractivity contribution in [3.8, 4) is 0 Å². The third kappa shape index (κ3) is 2.18. The van der Waals surface area contributed by atoms with Gasteiger partial charge in [-0.2, -0.15) is 0 Å². The fourth-order valence-electron chi connectivity index (χ4n) is 1.91. The van der Waals surface area contributed by atoms with Gasteiger partial charge in [0.2, 0.25) is 0 Å². The first kappa shape index (κ1) is 11.0. The van der Waals surface area contributed by atoms with Gasteiger partial charge in [-0.25, -0.2) is 0 Å². The van der Waals surface area contributed by atoms with Gasteiger partial charge in [0.15, 0.2) is 0 Å². The van der Waals surface area contributed by atoms with E-state index in [0.717, 1.165) is 10.0 Å². The number of benzene rings is 1. The summed E-state index contributed by atoms with van der Waals surface area (Å²) >= 11 is 3.56. The minimum Gasteiger partial charge on any atom is -0.392 e. The summed E-state index contributed by atoms with van der Waals surface area (Å²) in [7, 11) is 2.14. The van der Waals surface area contributed by atoms with E-state index in [2.05, 4.69) is 33.9 Å². The van der Waals surface area contributed by atoms with Crippen molar-refractivity contribution in [2.75, 3.05) is 11.9 Å². The molecule has 1 aromatic carbocycles. The number of hydrogen-bond acceptors (Lipinski definition) is 2. The second kappa shape index (κ2) is 4.54. The maximum absolute atomic E-state index is 9.02. The molecule has 2 nitrogen and oxygen atoms in total. The molecule has 1 saturated carbocycles. The summed E-state index contributed by atoms with van der Waals surface area (Å²) in [5.41, 5.74) is 2.17. The van der Waals surface area contributed by atoms with E-state index in [0.29, 0.717) is 6.04 Å². The van der Waals surface area contributed by atoms with Gasteiger partial charge in [-0.15, -0.1) is 0 Å². The minimum absolute atomic E-state index is 0.103. The van der Waals surface area contributed by atoms with Gasteiger partial charge in [0.25, 0.3) is 0 Å². The standard InChI is InChI=1S/C12H16BrNO/c1-14(10-3-2-4-10)12-6-5-9(8-15)7-11(12)13/h5-7,10,15H,2-4,8H2,1H3. The molecule has 0 heterocycles. The van der Waals surface area contributed by atoms with Gasteiger partial charge in [-0.1, -0.05) is 6.07 Å². The third-order valence-corrected chi connectivity index (χ3v) is 3.83. The lowest BCUT2D eigenvalue weighted by atomic mass is 9.91. The van der Waals surface area contributed by atoms with Crippen molar-refractivity contribution >= 4 is 21.6 Å². The fourth-order valence-corrected chi connectivity index (χ4v) is 2.61. The summed E-state index contributed by atoms with van der Waals surface area (Å²) in [6.45, 7) is 0.103. The summed E-state index contributed by atoms with van der Waals surface area (Å²) < 4.78 is 1.07. The first-order chi connectivity index (χ1) is 7.22. The largest absolute Gasteiger partial charge is 0.392 e. The van der Waals surface area contributed by atoms with Crippen LogP contribution in [0.15, 0.2) is 22.7 Å². The summed E-state index contributed by atoms with van der Waals surface area (Å²) in [5, 5.41) is 9.02. The van der Waals surface area contributed by atoms with Crippen LogP contribution in [-0.2, 0) is 6.61 Å². The Morgan fingerprint density at radius 2 is 2.20 bits per heavy atom. The van der Waals surface area contributed by atoms with Crippen molar-refractivity contribution in [1.82, 2.24) is 0 Å². The zero-order chi connectivity index (χ0) is 10.8. The topological polar surface area (TPSA) is 23.5 Å². The average molecular weight is 270 g/mol. The van der Waals surface area contributed by atoms with Crippen LogP contribution in [-0.4, -0.2) is 18.2 Å². The van der Waals surface area contributed by atoms with E-state index in [9.17, 15) is 0 Å². The molecule has 0 atom stereocenters. The second-order valence-corrected chi connectivity index (χ2v) is 4.99. The zero-order valence-corrected chi connectivity index (χ0v) is 10.5. The van der Waals surface area contributed by atoms with E-state index in [-0.39, 0.29) is 6.61 Å². The molecule has 1 aromatic rings. The number of hydrogen-bond donors (Lipinski definition) is 1. The molecule has 1 aliphatic rings. The van der Waals surface area contributed by atoms with E-state index in [1.165, 1.54) is 24.9 Å². The molecule has 82 valence electrons. The second-order valence-electron chi connectivity index (χ2n) is 4.14. The summed E-state index contributed by atoms with van der Waals surface area (Å²) in [5.74, 6) is 0. The monoisotopic (exact) mass is 269 g/mol. The van der Waals surface area contributed by atoms with Crippen molar-refractivity contribution < 1.29 is 5.11 Å². The van der Waals surface area contributed by atoms with Crippen LogP contribution in [0, 0.1) is 0 Å². The summed E-state index contributed by atoms with van der Waals surface area (Å²) in [4.78, 5) is 2.33. The van der Waals surface area contributed by atoms with Gasteiger partial charge in [-0.3, -0.25) is 0 Å². The molecule has 0 bridgehead atoms. The molecule has 1 fully saturated rings. The van der Waals surface area contributed by atoms with Crippen LogP contribution < -0.4 is 4.90 Å². The number of aliphatic hydroxyl groups excluding tert-OH is 1. The smallest absolute Gasteiger partial charge is 0.0682 e. The summed E-state index contributed by atoms with van der Waals surface area (Å²) in [6, 6.07) is 6.74. The van der Waals surface area contributed by atoms with E-state index < -0.39 is 0 Å². The van der Waals surface area contributed by atoms with Crippen LogP contribution >= 0.6 is 15.9 Å². The highest BCUT2D eigenvalue weighted by atomic mass is 79.9. The van der Waals surface area contributed by atoms with E-state index in [1.807, 2.05) is 12.1 Å². The quantitative estimate of drug-likeness (QED) is 0.912. The van der Waals surface area contributed by atoms with Crippen molar-refractivity contribution in [2.24, 2.45) is 0 Å². The van der Waals surface area contributed by atoms with Crippen LogP contribution in [0.2, 0.25) is 0 Å². The van der Waals surface area contributed by atoms with Gasteiger partial charge in [0.05, 0.1) is 12.3 Å². The molecular formula is C12H16BrNO. The Bertz CT molecular complexity index is 349. The number of rotatable bonds is 3. The Balaban J connectivity index is 2.19. The van der Waals surface area contributed by atoms with Crippen LogP contribution in [0.3, 0.4) is 0 Å². The number of aliphatic hydroxyl groups is 1. The maximum Gasteiger partial charge on any atom is 0.0682 e. The zero-order valence-electron chi connectivity index (χ0n) is 8.91. The lowest BCUT2D eigenvalue weighted by Crippen LogP contribution is -2.37. The van der Waals surface area contributed by atoms with Crippen LogP contribution in [0.4, 0.5) is 5.69 Å². The molecular weight excluding hydrogens is 254 g/mol. The van der Waals surface area contributed by atoms with Gasteiger partial charge < -0.3 is 10.0 Å². The van der Waals surface area contributed by atoms with Crippen LogP contribution in [0.5, 0.6) is 0 Å². The molecule has 0 saturated heterocycles. The molecule has 3 heteroatoms. The van der Waals surface area contributed by atoms with Crippen molar-refractivity contribution in [3.63, 3.8) is 0 Å². The molecule has 15 heavy (non-hydrogen) atoms. The molecule has 0 spiro atoms. The molecule has 0 amide bonds. The fraction of sp³-hybridized carbons (Fsp3) is 0.500. The van der Waals surface area contributed by atoms with Gasteiger partial charge in [-0.05, 0) is 52.9 Å². The third-order valence-electron chi connectivity index (χ3n) is 3.20. The number of halogens is 1. The molecule has 1 aliphatic carbocycles. The van der Waals surface area contributed by atoms with Gasteiger partial charge in [0, 0.05) is 17.6 Å². The van der Waals surface area contributed by atoms with E-state index in [1.54, 1.807) is 0 Å². The molecule has 0 aliphatic heterocycles. The van der Waals surface area contributed by atoms with Gasteiger partial charge in [0.1, 0.15) is 0 Å². The Hall–Kier alpha value is -0.540. The SMILES string of the molecule is CN(c1ccc(CO)cc1Br)C1CCC1. The highest BCUT2D eigenvalue weighted by molar-refractivity contribution is 9.10. The Labute approximate surface area is 99.0 Å². The molecule has 1 N–H and O–H groups in total. The normalized spacial score (nSPS) is 16.2. The van der Waals surface area contributed by atoms with Crippen molar-refractivity contribution in [1.29, 1.82) is 0 Å². The number of nitrogens with zero attached hydrogens (tertiary/aromatic N) is 1. The predicted octanol–water partition coefficient (Wildman–Crippen LogP) is 2.93. The first-order valence-corrected chi connectivity index (χ1v) is 6.14. The Morgan fingerprint density at radius 3 is 2.67 bits per heavy atom. The predicted molar refractivity (Wildman–Crippen MR) is 66.1 cm³/mol. The first-order valence-electron chi connectivity index (χ1n) is 5.34.